The Balaban J connectivity index is 1.87. The van der Waals surface area contributed by atoms with Crippen molar-refractivity contribution in [3.63, 3.8) is 0 Å². The minimum Gasteiger partial charge on any atom is -0.349 e. The molecule has 3 rings (SSSR count). The number of carbonyl (C=O) groups excluding carboxylic acids is 2. The van der Waals surface area contributed by atoms with E-state index < -0.39 is 0 Å². The molecule has 1 aliphatic rings. The van der Waals surface area contributed by atoms with Crippen LogP contribution in [0.2, 0.25) is 0 Å². The molecule has 0 radical (unpaired) electrons. The number of aromatic nitrogens is 1. The summed E-state index contributed by atoms with van der Waals surface area (Å²) in [6.07, 6.45) is 3.31. The van der Waals surface area contributed by atoms with E-state index in [1.807, 2.05) is 38.4 Å². The monoisotopic (exact) mass is 394 g/mol. The minimum atomic E-state index is -0.140. The average molecular weight is 395 g/mol. The first-order valence-electron chi connectivity index (χ1n) is 10.1. The summed E-state index contributed by atoms with van der Waals surface area (Å²) >= 11 is 0. The Morgan fingerprint density at radius 1 is 1.14 bits per heavy atom. The van der Waals surface area contributed by atoms with Crippen LogP contribution in [0.3, 0.4) is 0 Å². The van der Waals surface area contributed by atoms with Gasteiger partial charge in [-0.05, 0) is 50.2 Å². The van der Waals surface area contributed by atoms with E-state index in [-0.39, 0.29) is 17.7 Å². The number of pyridine rings is 1. The minimum absolute atomic E-state index is 0.0835. The van der Waals surface area contributed by atoms with E-state index >= 15 is 0 Å². The predicted molar refractivity (Wildman–Crippen MR) is 114 cm³/mol. The van der Waals surface area contributed by atoms with Gasteiger partial charge in [-0.3, -0.25) is 14.6 Å². The van der Waals surface area contributed by atoms with Crippen LogP contribution in [-0.2, 0) is 11.3 Å². The summed E-state index contributed by atoms with van der Waals surface area (Å²) < 4.78 is 0. The van der Waals surface area contributed by atoms with Gasteiger partial charge in [-0.15, -0.1) is 0 Å². The van der Waals surface area contributed by atoms with Gasteiger partial charge in [0.1, 0.15) is 5.69 Å². The summed E-state index contributed by atoms with van der Waals surface area (Å²) in [6.45, 7) is 1.94. The number of piperidine rings is 1. The van der Waals surface area contributed by atoms with Gasteiger partial charge in [-0.1, -0.05) is 24.3 Å². The maximum absolute atomic E-state index is 13.3. The van der Waals surface area contributed by atoms with Crippen molar-refractivity contribution >= 4 is 11.8 Å². The SMILES string of the molecule is CN(C)Cc1cccc(-c2cccnc2C(=O)N2CCC[C@@H](C(=O)N(C)C)C2)c1. The number of benzene rings is 1. The average Bonchev–Trinajstić information content (AvgIpc) is 2.72. The molecule has 1 aromatic carbocycles. The zero-order chi connectivity index (χ0) is 21.0. The largest absolute Gasteiger partial charge is 0.349 e. The van der Waals surface area contributed by atoms with Crippen molar-refractivity contribution in [2.75, 3.05) is 41.3 Å². The van der Waals surface area contributed by atoms with E-state index in [9.17, 15) is 9.59 Å². The Morgan fingerprint density at radius 2 is 1.93 bits per heavy atom. The highest BCUT2D eigenvalue weighted by Crippen LogP contribution is 2.26. The van der Waals surface area contributed by atoms with Crippen molar-refractivity contribution in [2.45, 2.75) is 19.4 Å². The standard InChI is InChI=1S/C23H30N4O2/c1-25(2)15-17-8-5-9-18(14-17)20-11-6-12-24-21(20)23(29)27-13-7-10-19(16-27)22(28)26(3)4/h5-6,8-9,11-12,14,19H,7,10,13,15-16H2,1-4H3/t19-/m1/s1. The smallest absolute Gasteiger partial charge is 0.273 e. The Kier molecular flexibility index (Phi) is 6.64. The zero-order valence-electron chi connectivity index (χ0n) is 17.8. The molecular formula is C23H30N4O2. The number of nitrogens with zero attached hydrogens (tertiary/aromatic N) is 4. The zero-order valence-corrected chi connectivity index (χ0v) is 17.8. The van der Waals surface area contributed by atoms with E-state index in [1.165, 1.54) is 5.56 Å². The Labute approximate surface area is 173 Å². The summed E-state index contributed by atoms with van der Waals surface area (Å²) in [5.74, 6) is -0.159. The third kappa shape index (κ3) is 5.01. The van der Waals surface area contributed by atoms with Crippen molar-refractivity contribution < 1.29 is 9.59 Å². The van der Waals surface area contributed by atoms with Crippen LogP contribution in [0.5, 0.6) is 0 Å². The maximum Gasteiger partial charge on any atom is 0.273 e. The first-order chi connectivity index (χ1) is 13.9. The van der Waals surface area contributed by atoms with Crippen LogP contribution >= 0.6 is 0 Å². The third-order valence-corrected chi connectivity index (χ3v) is 5.25. The molecule has 154 valence electrons. The highest BCUT2D eigenvalue weighted by molar-refractivity contribution is 5.99. The lowest BCUT2D eigenvalue weighted by molar-refractivity contribution is -0.134. The molecule has 6 nitrogen and oxygen atoms in total. The van der Waals surface area contributed by atoms with Gasteiger partial charge in [0.25, 0.3) is 5.91 Å². The summed E-state index contributed by atoms with van der Waals surface area (Å²) in [7, 11) is 7.60. The van der Waals surface area contributed by atoms with E-state index in [0.29, 0.717) is 18.8 Å². The van der Waals surface area contributed by atoms with E-state index in [4.69, 9.17) is 0 Å². The summed E-state index contributed by atoms with van der Waals surface area (Å²) in [6, 6.07) is 12.0. The lowest BCUT2D eigenvalue weighted by Crippen LogP contribution is -2.45. The highest BCUT2D eigenvalue weighted by Gasteiger charge is 2.31. The molecule has 1 atom stereocenters. The van der Waals surface area contributed by atoms with Crippen LogP contribution in [0.15, 0.2) is 42.6 Å². The molecule has 0 saturated carbocycles. The van der Waals surface area contributed by atoms with Crippen LogP contribution in [0.25, 0.3) is 11.1 Å². The molecule has 6 heteroatoms. The van der Waals surface area contributed by atoms with Crippen molar-refractivity contribution in [3.8, 4) is 11.1 Å². The molecule has 0 bridgehead atoms. The first kappa shape index (κ1) is 21.0. The third-order valence-electron chi connectivity index (χ3n) is 5.25. The fourth-order valence-corrected chi connectivity index (χ4v) is 3.89. The summed E-state index contributed by atoms with van der Waals surface area (Å²) in [5.41, 5.74) is 3.45. The second-order valence-electron chi connectivity index (χ2n) is 8.16. The number of hydrogen-bond acceptors (Lipinski definition) is 4. The quantitative estimate of drug-likeness (QED) is 0.783. The molecule has 2 aromatic rings. The molecule has 29 heavy (non-hydrogen) atoms. The molecule has 1 saturated heterocycles. The molecule has 1 fully saturated rings. The lowest BCUT2D eigenvalue weighted by atomic mass is 9.95. The highest BCUT2D eigenvalue weighted by atomic mass is 16.2. The van der Waals surface area contributed by atoms with Gasteiger partial charge >= 0.3 is 0 Å². The Bertz CT molecular complexity index is 879. The molecule has 0 N–H and O–H groups in total. The van der Waals surface area contributed by atoms with Crippen LogP contribution in [-0.4, -0.2) is 72.8 Å². The lowest BCUT2D eigenvalue weighted by Gasteiger charge is -2.33. The van der Waals surface area contributed by atoms with Crippen molar-refractivity contribution in [1.29, 1.82) is 0 Å². The molecule has 0 unspecified atom stereocenters. The fraction of sp³-hybridized carbons (Fsp3) is 0.435. The van der Waals surface area contributed by atoms with Crippen LogP contribution in [0.4, 0.5) is 0 Å². The summed E-state index contributed by atoms with van der Waals surface area (Å²) in [5, 5.41) is 0. The van der Waals surface area contributed by atoms with Gasteiger partial charge < -0.3 is 14.7 Å². The number of amides is 2. The van der Waals surface area contributed by atoms with E-state index in [2.05, 4.69) is 22.0 Å². The van der Waals surface area contributed by atoms with Crippen LogP contribution in [0.1, 0.15) is 28.9 Å². The molecule has 0 spiro atoms. The number of carbonyl (C=O) groups is 2. The van der Waals surface area contributed by atoms with Gasteiger partial charge in [-0.25, -0.2) is 0 Å². The second-order valence-corrected chi connectivity index (χ2v) is 8.16. The van der Waals surface area contributed by atoms with E-state index in [0.717, 1.165) is 30.5 Å². The predicted octanol–water partition coefficient (Wildman–Crippen LogP) is 2.75. The van der Waals surface area contributed by atoms with Crippen LogP contribution in [0, 0.1) is 5.92 Å². The maximum atomic E-state index is 13.3. The first-order valence-corrected chi connectivity index (χ1v) is 10.1. The molecule has 2 heterocycles. The van der Waals surface area contributed by atoms with Crippen molar-refractivity contribution in [1.82, 2.24) is 19.7 Å². The Hall–Kier alpha value is -2.73. The Morgan fingerprint density at radius 3 is 2.66 bits per heavy atom. The topological polar surface area (TPSA) is 56.8 Å². The van der Waals surface area contributed by atoms with Crippen LogP contribution < -0.4 is 0 Å². The summed E-state index contributed by atoms with van der Waals surface area (Å²) in [4.78, 5) is 35.6. The fourth-order valence-electron chi connectivity index (χ4n) is 3.89. The normalized spacial score (nSPS) is 16.7. The number of rotatable bonds is 5. The van der Waals surface area contributed by atoms with Gasteiger partial charge in [0.2, 0.25) is 5.91 Å². The van der Waals surface area contributed by atoms with E-state index in [1.54, 1.807) is 30.1 Å². The second kappa shape index (κ2) is 9.18. The molecule has 1 aliphatic heterocycles. The number of hydrogen-bond donors (Lipinski definition) is 0. The van der Waals surface area contributed by atoms with Gasteiger partial charge in [0.05, 0.1) is 5.92 Å². The van der Waals surface area contributed by atoms with Gasteiger partial charge in [0.15, 0.2) is 0 Å². The molecular weight excluding hydrogens is 364 g/mol. The van der Waals surface area contributed by atoms with Gasteiger partial charge in [-0.2, -0.15) is 0 Å². The molecule has 1 aromatic heterocycles. The van der Waals surface area contributed by atoms with Crippen molar-refractivity contribution in [3.05, 3.63) is 53.9 Å². The van der Waals surface area contributed by atoms with Gasteiger partial charge in [0, 0.05) is 45.5 Å². The number of likely N-dealkylation sites (tertiary alicyclic amines) is 1. The van der Waals surface area contributed by atoms with Crippen molar-refractivity contribution in [2.24, 2.45) is 5.92 Å². The molecule has 0 aliphatic carbocycles. The molecule has 2 amide bonds.